The minimum absolute atomic E-state index is 0.0431. The number of hydrogen-bond acceptors (Lipinski definition) is 3. The van der Waals surface area contributed by atoms with Gasteiger partial charge in [0.1, 0.15) is 5.82 Å². The van der Waals surface area contributed by atoms with E-state index in [9.17, 15) is 14.0 Å². The van der Waals surface area contributed by atoms with Crippen LogP contribution < -0.4 is 0 Å². The van der Waals surface area contributed by atoms with Crippen LogP contribution in [-0.2, 0) is 20.9 Å². The normalized spacial score (nSPS) is 14.9. The summed E-state index contributed by atoms with van der Waals surface area (Å²) in [6.45, 7) is 3.97. The largest absolute Gasteiger partial charge is 0.466 e. The lowest BCUT2D eigenvalue weighted by Crippen LogP contribution is -2.41. The van der Waals surface area contributed by atoms with Gasteiger partial charge in [-0.1, -0.05) is 60.7 Å². The summed E-state index contributed by atoms with van der Waals surface area (Å²) >= 11 is 0. The molecule has 1 atom stereocenters. The van der Waals surface area contributed by atoms with Crippen LogP contribution in [0.1, 0.15) is 48.8 Å². The van der Waals surface area contributed by atoms with E-state index in [0.29, 0.717) is 39.1 Å². The molecule has 5 nitrogen and oxygen atoms in total. The monoisotopic (exact) mass is 512 g/mol. The first-order valence-electron chi connectivity index (χ1n) is 13.3. The predicted molar refractivity (Wildman–Crippen MR) is 146 cm³/mol. The molecule has 1 aliphatic heterocycles. The van der Waals surface area contributed by atoms with Crippen molar-refractivity contribution < 1.29 is 18.7 Å². The Hall–Kier alpha value is -3.93. The number of carbonyl (C=O) groups excluding carboxylic acids is 2. The van der Waals surface area contributed by atoms with E-state index in [-0.39, 0.29) is 36.0 Å². The summed E-state index contributed by atoms with van der Waals surface area (Å²) in [5.74, 6) is -0.807. The third kappa shape index (κ3) is 5.64. The van der Waals surface area contributed by atoms with Crippen LogP contribution >= 0.6 is 0 Å². The maximum absolute atomic E-state index is 13.8. The first-order chi connectivity index (χ1) is 18.5. The number of amides is 1. The Bertz CT molecular complexity index is 1390. The first-order valence-corrected chi connectivity index (χ1v) is 13.3. The number of rotatable bonds is 8. The molecule has 5 rings (SSSR count). The predicted octanol–water partition coefficient (Wildman–Crippen LogP) is 6.15. The highest BCUT2D eigenvalue weighted by Crippen LogP contribution is 2.36. The van der Waals surface area contributed by atoms with Crippen molar-refractivity contribution in [2.45, 2.75) is 38.6 Å². The van der Waals surface area contributed by atoms with Gasteiger partial charge in [0.05, 0.1) is 12.5 Å². The Balaban J connectivity index is 1.44. The molecule has 4 aromatic rings. The number of para-hydroxylation sites is 1. The van der Waals surface area contributed by atoms with Gasteiger partial charge in [-0.25, -0.2) is 4.39 Å². The lowest BCUT2D eigenvalue weighted by molar-refractivity contribution is -0.151. The molecule has 1 aromatic heterocycles. The number of benzene rings is 3. The molecule has 0 unspecified atom stereocenters. The van der Waals surface area contributed by atoms with Crippen molar-refractivity contribution in [2.75, 3.05) is 19.7 Å². The zero-order valence-electron chi connectivity index (χ0n) is 21.7. The maximum Gasteiger partial charge on any atom is 0.309 e. The molecular weight excluding hydrogens is 479 g/mol. The second-order valence-corrected chi connectivity index (χ2v) is 9.93. The molecule has 0 aliphatic carbocycles. The van der Waals surface area contributed by atoms with E-state index >= 15 is 0 Å². The Morgan fingerprint density at radius 3 is 2.34 bits per heavy atom. The quantitative estimate of drug-likeness (QED) is 0.266. The van der Waals surface area contributed by atoms with Crippen molar-refractivity contribution in [1.82, 2.24) is 9.47 Å². The molecule has 196 valence electrons. The number of likely N-dealkylation sites (tertiary alicyclic amines) is 1. The minimum atomic E-state index is -0.300. The molecular formula is C32H33FN2O3. The van der Waals surface area contributed by atoms with Crippen LogP contribution in [0.25, 0.3) is 10.9 Å². The second-order valence-electron chi connectivity index (χ2n) is 9.93. The average molecular weight is 513 g/mol. The van der Waals surface area contributed by atoms with Crippen molar-refractivity contribution in [1.29, 1.82) is 0 Å². The van der Waals surface area contributed by atoms with Crippen molar-refractivity contribution in [3.8, 4) is 0 Å². The first kappa shape index (κ1) is 25.7. The lowest BCUT2D eigenvalue weighted by atomic mass is 9.87. The summed E-state index contributed by atoms with van der Waals surface area (Å²) in [5.41, 5.74) is 4.25. The lowest BCUT2D eigenvalue weighted by Gasteiger charge is -2.32. The summed E-state index contributed by atoms with van der Waals surface area (Å²) in [5, 5.41) is 1.09. The van der Waals surface area contributed by atoms with Gasteiger partial charge in [0.2, 0.25) is 5.91 Å². The van der Waals surface area contributed by atoms with Gasteiger partial charge < -0.3 is 14.2 Å². The van der Waals surface area contributed by atoms with E-state index in [4.69, 9.17) is 4.74 Å². The summed E-state index contributed by atoms with van der Waals surface area (Å²) in [6, 6.07) is 25.0. The Labute approximate surface area is 222 Å². The van der Waals surface area contributed by atoms with Gasteiger partial charge in [-0.15, -0.1) is 0 Å². The molecule has 0 radical (unpaired) electrons. The van der Waals surface area contributed by atoms with Crippen LogP contribution in [0.15, 0.2) is 85.1 Å². The molecule has 3 aromatic carbocycles. The molecule has 0 N–H and O–H groups in total. The molecule has 6 heteroatoms. The number of carbonyl (C=O) groups is 2. The number of ether oxygens (including phenoxy) is 1. The number of fused-ring (bicyclic) bond motifs is 1. The molecule has 38 heavy (non-hydrogen) atoms. The fourth-order valence-corrected chi connectivity index (χ4v) is 5.49. The van der Waals surface area contributed by atoms with Gasteiger partial charge in [-0.05, 0) is 54.7 Å². The van der Waals surface area contributed by atoms with Gasteiger partial charge in [0.25, 0.3) is 0 Å². The van der Waals surface area contributed by atoms with Crippen LogP contribution in [0.2, 0.25) is 0 Å². The van der Waals surface area contributed by atoms with E-state index in [1.54, 1.807) is 12.1 Å². The fraction of sp³-hybridized carbons (Fsp3) is 0.312. The zero-order chi connectivity index (χ0) is 26.5. The number of hydrogen-bond donors (Lipinski definition) is 0. The molecule has 0 spiro atoms. The van der Waals surface area contributed by atoms with Crippen molar-refractivity contribution in [3.05, 3.63) is 108 Å². The number of nitrogens with zero attached hydrogens (tertiary/aromatic N) is 2. The smallest absolute Gasteiger partial charge is 0.309 e. The van der Waals surface area contributed by atoms with Crippen molar-refractivity contribution in [3.63, 3.8) is 0 Å². The van der Waals surface area contributed by atoms with E-state index in [2.05, 4.69) is 35.0 Å². The molecule has 1 aliphatic rings. The summed E-state index contributed by atoms with van der Waals surface area (Å²) in [6.07, 6.45) is 3.64. The Kier molecular flexibility index (Phi) is 7.87. The molecule has 1 saturated heterocycles. The van der Waals surface area contributed by atoms with Gasteiger partial charge in [-0.3, -0.25) is 9.59 Å². The van der Waals surface area contributed by atoms with E-state index in [1.165, 1.54) is 17.7 Å². The third-order valence-electron chi connectivity index (χ3n) is 7.51. The Morgan fingerprint density at radius 2 is 1.63 bits per heavy atom. The highest BCUT2D eigenvalue weighted by Gasteiger charge is 2.30. The van der Waals surface area contributed by atoms with Gasteiger partial charge in [-0.2, -0.15) is 0 Å². The molecule has 1 amide bonds. The van der Waals surface area contributed by atoms with Crippen molar-refractivity contribution >= 4 is 22.8 Å². The van der Waals surface area contributed by atoms with E-state index in [1.807, 2.05) is 42.2 Å². The number of esters is 1. The molecule has 1 fully saturated rings. The fourth-order valence-electron chi connectivity index (χ4n) is 5.49. The van der Waals surface area contributed by atoms with Gasteiger partial charge in [0, 0.05) is 49.1 Å². The van der Waals surface area contributed by atoms with Gasteiger partial charge >= 0.3 is 5.97 Å². The second kappa shape index (κ2) is 11.6. The SMILES string of the molecule is CCOC(=O)C1CCN(C(=O)C[C@@H](c2ccc(F)cc2)c2cn(Cc3ccccc3)c3ccccc23)CC1. The topological polar surface area (TPSA) is 51.5 Å². The Morgan fingerprint density at radius 1 is 0.947 bits per heavy atom. The minimum Gasteiger partial charge on any atom is -0.466 e. The summed E-state index contributed by atoms with van der Waals surface area (Å²) < 4.78 is 21.3. The van der Waals surface area contributed by atoms with E-state index < -0.39 is 0 Å². The van der Waals surface area contributed by atoms with Crippen LogP contribution in [-0.4, -0.2) is 41.0 Å². The summed E-state index contributed by atoms with van der Waals surface area (Å²) in [4.78, 5) is 27.6. The summed E-state index contributed by atoms with van der Waals surface area (Å²) in [7, 11) is 0. The molecule has 0 saturated carbocycles. The molecule has 0 bridgehead atoms. The zero-order valence-corrected chi connectivity index (χ0v) is 21.7. The maximum atomic E-state index is 13.8. The number of piperidine rings is 1. The molecule has 2 heterocycles. The highest BCUT2D eigenvalue weighted by atomic mass is 19.1. The van der Waals surface area contributed by atoms with Crippen LogP contribution in [0, 0.1) is 11.7 Å². The third-order valence-corrected chi connectivity index (χ3v) is 7.51. The standard InChI is InChI=1S/C32H33FN2O3/c1-2-38-32(37)25-16-18-34(19-17-25)31(36)20-28(24-12-14-26(33)15-13-24)29-22-35(21-23-8-4-3-5-9-23)30-11-7-6-10-27(29)30/h3-15,22,25,28H,2,16-21H2,1H3/t28-/m0/s1. The van der Waals surface area contributed by atoms with Crippen molar-refractivity contribution in [2.24, 2.45) is 5.92 Å². The van der Waals surface area contributed by atoms with E-state index in [0.717, 1.165) is 22.0 Å². The highest BCUT2D eigenvalue weighted by molar-refractivity contribution is 5.87. The van der Waals surface area contributed by atoms with Crippen LogP contribution in [0.5, 0.6) is 0 Å². The van der Waals surface area contributed by atoms with Crippen LogP contribution in [0.3, 0.4) is 0 Å². The number of aromatic nitrogens is 1. The average Bonchev–Trinajstić information content (AvgIpc) is 3.31. The van der Waals surface area contributed by atoms with Crippen LogP contribution in [0.4, 0.5) is 4.39 Å². The van der Waals surface area contributed by atoms with Gasteiger partial charge in [0.15, 0.2) is 0 Å². The number of halogens is 1.